The van der Waals surface area contributed by atoms with Crippen LogP contribution in [0.2, 0.25) is 5.15 Å². The summed E-state index contributed by atoms with van der Waals surface area (Å²) in [6.07, 6.45) is -4.42. The van der Waals surface area contributed by atoms with Crippen LogP contribution in [0.25, 0.3) is 22.0 Å². The van der Waals surface area contributed by atoms with E-state index in [9.17, 15) is 17.6 Å². The van der Waals surface area contributed by atoms with Crippen LogP contribution < -0.4 is 0 Å². The number of nitrogens with zero attached hydrogens (tertiary/aromatic N) is 2. The van der Waals surface area contributed by atoms with Gasteiger partial charge in [0.05, 0.1) is 10.9 Å². The molecule has 3 aromatic rings. The fourth-order valence-corrected chi connectivity index (χ4v) is 2.39. The maximum Gasteiger partial charge on any atom is 0.416 e. The predicted octanol–water partition coefficient (Wildman–Crippen LogP) is 5.11. The van der Waals surface area contributed by atoms with Crippen LogP contribution in [0, 0.1) is 5.82 Å². The Morgan fingerprint density at radius 3 is 2.23 bits per heavy atom. The lowest BCUT2D eigenvalue weighted by atomic mass is 10.0. The van der Waals surface area contributed by atoms with Crippen LogP contribution >= 0.6 is 11.6 Å². The van der Waals surface area contributed by atoms with Crippen LogP contribution in [0.1, 0.15) is 5.56 Å². The Labute approximate surface area is 127 Å². The third-order valence-electron chi connectivity index (χ3n) is 3.20. The minimum Gasteiger partial charge on any atom is -0.206 e. The Hall–Kier alpha value is -2.21. The van der Waals surface area contributed by atoms with Crippen LogP contribution in [0.3, 0.4) is 0 Å². The van der Waals surface area contributed by atoms with Gasteiger partial charge in [0.25, 0.3) is 0 Å². The lowest BCUT2D eigenvalue weighted by molar-refractivity contribution is -0.137. The summed E-state index contributed by atoms with van der Waals surface area (Å²) in [5, 5.41) is 7.94. The number of hydrogen-bond acceptors (Lipinski definition) is 2. The molecule has 0 saturated carbocycles. The Morgan fingerprint density at radius 2 is 1.59 bits per heavy atom. The minimum absolute atomic E-state index is 0.0917. The lowest BCUT2D eigenvalue weighted by Gasteiger charge is -2.09. The first-order valence-corrected chi connectivity index (χ1v) is 6.54. The zero-order valence-electron chi connectivity index (χ0n) is 10.8. The molecule has 0 spiro atoms. The molecule has 0 N–H and O–H groups in total. The fourth-order valence-electron chi connectivity index (χ4n) is 2.16. The molecule has 0 aliphatic rings. The summed E-state index contributed by atoms with van der Waals surface area (Å²) in [6, 6.07) is 8.71. The van der Waals surface area contributed by atoms with Gasteiger partial charge in [0.2, 0.25) is 0 Å². The molecule has 0 fully saturated rings. The van der Waals surface area contributed by atoms with E-state index in [2.05, 4.69) is 10.2 Å². The third-order valence-corrected chi connectivity index (χ3v) is 3.46. The maximum atomic E-state index is 13.9. The van der Waals surface area contributed by atoms with Gasteiger partial charge in [-0.1, -0.05) is 35.9 Å². The Kier molecular flexibility index (Phi) is 3.48. The van der Waals surface area contributed by atoms with Gasteiger partial charge in [0.15, 0.2) is 5.15 Å². The number of benzene rings is 2. The van der Waals surface area contributed by atoms with Gasteiger partial charge >= 0.3 is 6.18 Å². The standard InChI is InChI=1S/C15H7ClF4N2/c16-14-12-10(2-1-3-11(12)17)13(21-22-14)8-4-6-9(7-5-8)15(18,19)20/h1-7H. The van der Waals surface area contributed by atoms with Gasteiger partial charge in [-0.15, -0.1) is 10.2 Å². The Balaban J connectivity index is 2.19. The van der Waals surface area contributed by atoms with E-state index in [1.807, 2.05) is 0 Å². The normalized spacial score (nSPS) is 11.9. The van der Waals surface area contributed by atoms with Crippen molar-refractivity contribution in [1.29, 1.82) is 0 Å². The van der Waals surface area contributed by atoms with Crippen molar-refractivity contribution in [3.63, 3.8) is 0 Å². The van der Waals surface area contributed by atoms with Gasteiger partial charge in [0, 0.05) is 10.9 Å². The van der Waals surface area contributed by atoms with Crippen LogP contribution in [0.5, 0.6) is 0 Å². The molecule has 0 unspecified atom stereocenters. The molecule has 1 heterocycles. The largest absolute Gasteiger partial charge is 0.416 e. The first-order chi connectivity index (χ1) is 10.4. The molecule has 0 saturated heterocycles. The topological polar surface area (TPSA) is 25.8 Å². The summed E-state index contributed by atoms with van der Waals surface area (Å²) in [6.45, 7) is 0. The molecule has 0 radical (unpaired) electrons. The Morgan fingerprint density at radius 1 is 0.909 bits per heavy atom. The lowest BCUT2D eigenvalue weighted by Crippen LogP contribution is -2.04. The van der Waals surface area contributed by atoms with E-state index in [0.717, 1.165) is 12.1 Å². The molecule has 2 nitrogen and oxygen atoms in total. The van der Waals surface area contributed by atoms with E-state index in [0.29, 0.717) is 10.9 Å². The minimum atomic E-state index is -4.42. The van der Waals surface area contributed by atoms with E-state index in [-0.39, 0.29) is 16.2 Å². The molecule has 0 atom stereocenters. The molecule has 112 valence electrons. The van der Waals surface area contributed by atoms with E-state index in [4.69, 9.17) is 11.6 Å². The molecular formula is C15H7ClF4N2. The van der Waals surface area contributed by atoms with Crippen molar-refractivity contribution in [2.75, 3.05) is 0 Å². The second-order valence-corrected chi connectivity index (χ2v) is 4.93. The van der Waals surface area contributed by atoms with Gasteiger partial charge in [-0.2, -0.15) is 13.2 Å². The van der Waals surface area contributed by atoms with E-state index >= 15 is 0 Å². The van der Waals surface area contributed by atoms with Crippen molar-refractivity contribution < 1.29 is 17.6 Å². The zero-order valence-corrected chi connectivity index (χ0v) is 11.6. The van der Waals surface area contributed by atoms with Crippen LogP contribution in [-0.2, 0) is 6.18 Å². The highest BCUT2D eigenvalue weighted by molar-refractivity contribution is 6.34. The molecule has 7 heteroatoms. The fraction of sp³-hybridized carbons (Fsp3) is 0.0667. The van der Waals surface area contributed by atoms with Crippen molar-refractivity contribution in [2.45, 2.75) is 6.18 Å². The highest BCUT2D eigenvalue weighted by Gasteiger charge is 2.30. The SMILES string of the molecule is Fc1cccc2c(-c3ccc(C(F)(F)F)cc3)nnc(Cl)c12. The van der Waals surface area contributed by atoms with Gasteiger partial charge in [-0.05, 0) is 18.2 Å². The highest BCUT2D eigenvalue weighted by atomic mass is 35.5. The van der Waals surface area contributed by atoms with Crippen molar-refractivity contribution >= 4 is 22.4 Å². The van der Waals surface area contributed by atoms with Gasteiger partial charge in [0.1, 0.15) is 11.5 Å². The summed E-state index contributed by atoms with van der Waals surface area (Å²) >= 11 is 5.84. The van der Waals surface area contributed by atoms with Crippen LogP contribution in [-0.4, -0.2) is 10.2 Å². The number of alkyl halides is 3. The van der Waals surface area contributed by atoms with Gasteiger partial charge in [-0.3, -0.25) is 0 Å². The molecule has 0 amide bonds. The number of halogens is 5. The first kappa shape index (κ1) is 14.7. The van der Waals surface area contributed by atoms with Crippen molar-refractivity contribution in [3.8, 4) is 11.3 Å². The Bertz CT molecular complexity index is 836. The number of rotatable bonds is 1. The third kappa shape index (κ3) is 2.50. The molecule has 0 aliphatic heterocycles. The molecule has 0 bridgehead atoms. The van der Waals surface area contributed by atoms with Crippen molar-refractivity contribution in [2.24, 2.45) is 0 Å². The predicted molar refractivity (Wildman–Crippen MR) is 74.9 cm³/mol. The molecule has 0 aliphatic carbocycles. The van der Waals surface area contributed by atoms with Crippen molar-refractivity contribution in [1.82, 2.24) is 10.2 Å². The van der Waals surface area contributed by atoms with E-state index < -0.39 is 17.6 Å². The summed E-state index contributed by atoms with van der Waals surface area (Å²) in [5.74, 6) is -0.564. The quantitative estimate of drug-likeness (QED) is 0.581. The molecular weight excluding hydrogens is 320 g/mol. The van der Waals surface area contributed by atoms with E-state index in [1.165, 1.54) is 24.3 Å². The number of hydrogen-bond donors (Lipinski definition) is 0. The average molecular weight is 327 g/mol. The molecule has 3 rings (SSSR count). The first-order valence-electron chi connectivity index (χ1n) is 6.16. The average Bonchev–Trinajstić information content (AvgIpc) is 2.47. The summed E-state index contributed by atoms with van der Waals surface area (Å²) in [4.78, 5) is 0. The highest BCUT2D eigenvalue weighted by Crippen LogP contribution is 2.34. The second-order valence-electron chi connectivity index (χ2n) is 4.58. The number of aromatic nitrogens is 2. The monoisotopic (exact) mass is 326 g/mol. The van der Waals surface area contributed by atoms with Crippen LogP contribution in [0.15, 0.2) is 42.5 Å². The van der Waals surface area contributed by atoms with Gasteiger partial charge < -0.3 is 0 Å². The van der Waals surface area contributed by atoms with Crippen LogP contribution in [0.4, 0.5) is 17.6 Å². The van der Waals surface area contributed by atoms with Gasteiger partial charge in [-0.25, -0.2) is 4.39 Å². The summed E-state index contributed by atoms with van der Waals surface area (Å²) in [5.41, 5.74) is -0.103. The smallest absolute Gasteiger partial charge is 0.206 e. The maximum absolute atomic E-state index is 13.9. The zero-order chi connectivity index (χ0) is 15.9. The molecule has 22 heavy (non-hydrogen) atoms. The summed E-state index contributed by atoms with van der Waals surface area (Å²) < 4.78 is 51.6. The van der Waals surface area contributed by atoms with E-state index in [1.54, 1.807) is 6.07 Å². The number of fused-ring (bicyclic) bond motifs is 1. The summed E-state index contributed by atoms with van der Waals surface area (Å²) in [7, 11) is 0. The van der Waals surface area contributed by atoms with Crippen molar-refractivity contribution in [3.05, 3.63) is 59.0 Å². The molecule has 1 aromatic heterocycles. The molecule has 2 aromatic carbocycles. The second kappa shape index (κ2) is 5.21.